The van der Waals surface area contributed by atoms with Crippen molar-refractivity contribution >= 4 is 23.3 Å². The van der Waals surface area contributed by atoms with Gasteiger partial charge in [0.25, 0.3) is 0 Å². The SMILES string of the molecule is CCOC(=O)C1CCCN(C(=O)C2CCN(c3ccc4nnc(C)n4n3)CC2)C1. The second kappa shape index (κ2) is 8.34. The standard InChI is InChI=1S/C20H28N6O3/c1-3-29-20(28)16-5-4-10-25(13-16)19(27)15-8-11-24(12-9-15)18-7-6-17-22-21-14(2)26(17)23-18/h6-7,15-16H,3-5,8-13H2,1-2H3. The monoisotopic (exact) mass is 400 g/mol. The molecular formula is C20H28N6O3. The molecule has 2 fully saturated rings. The molecule has 2 aromatic rings. The fourth-order valence-corrected chi connectivity index (χ4v) is 4.30. The number of amides is 1. The smallest absolute Gasteiger partial charge is 0.310 e. The molecule has 2 aliphatic rings. The average molecular weight is 400 g/mol. The van der Waals surface area contributed by atoms with Crippen molar-refractivity contribution in [3.05, 3.63) is 18.0 Å². The van der Waals surface area contributed by atoms with Gasteiger partial charge in [-0.25, -0.2) is 0 Å². The van der Waals surface area contributed by atoms with E-state index in [1.54, 1.807) is 4.52 Å². The Bertz CT molecular complexity index is 889. The van der Waals surface area contributed by atoms with E-state index in [-0.39, 0.29) is 23.7 Å². The van der Waals surface area contributed by atoms with Gasteiger partial charge in [0.15, 0.2) is 11.5 Å². The number of carbonyl (C=O) groups excluding carboxylic acids is 2. The Balaban J connectivity index is 1.35. The Morgan fingerprint density at radius 2 is 1.90 bits per heavy atom. The molecule has 9 nitrogen and oxygen atoms in total. The van der Waals surface area contributed by atoms with Gasteiger partial charge >= 0.3 is 5.97 Å². The number of likely N-dealkylation sites (tertiary alicyclic amines) is 1. The lowest BCUT2D eigenvalue weighted by Gasteiger charge is -2.37. The predicted molar refractivity (Wildman–Crippen MR) is 106 cm³/mol. The number of fused-ring (bicyclic) bond motifs is 1. The van der Waals surface area contributed by atoms with E-state index in [2.05, 4.69) is 20.2 Å². The van der Waals surface area contributed by atoms with Crippen LogP contribution in [0, 0.1) is 18.8 Å². The molecule has 29 heavy (non-hydrogen) atoms. The van der Waals surface area contributed by atoms with E-state index in [4.69, 9.17) is 4.74 Å². The van der Waals surface area contributed by atoms with Crippen molar-refractivity contribution in [1.82, 2.24) is 24.7 Å². The molecule has 2 aliphatic heterocycles. The second-order valence-electron chi connectivity index (χ2n) is 7.85. The zero-order valence-electron chi connectivity index (χ0n) is 17.1. The molecule has 1 amide bonds. The van der Waals surface area contributed by atoms with Crippen LogP contribution in [0.3, 0.4) is 0 Å². The highest BCUT2D eigenvalue weighted by Crippen LogP contribution is 2.26. The van der Waals surface area contributed by atoms with E-state index in [0.29, 0.717) is 13.2 Å². The first-order valence-corrected chi connectivity index (χ1v) is 10.5. The molecule has 4 heterocycles. The first-order chi connectivity index (χ1) is 14.1. The first kappa shape index (κ1) is 19.6. The number of piperidine rings is 2. The van der Waals surface area contributed by atoms with Crippen LogP contribution in [0.25, 0.3) is 5.65 Å². The third kappa shape index (κ3) is 4.04. The molecule has 156 valence electrons. The van der Waals surface area contributed by atoms with Gasteiger partial charge in [0.1, 0.15) is 5.82 Å². The lowest BCUT2D eigenvalue weighted by Crippen LogP contribution is -2.47. The quantitative estimate of drug-likeness (QED) is 0.717. The van der Waals surface area contributed by atoms with Crippen molar-refractivity contribution in [3.8, 4) is 0 Å². The van der Waals surface area contributed by atoms with Gasteiger partial charge in [-0.2, -0.15) is 4.52 Å². The minimum Gasteiger partial charge on any atom is -0.466 e. The topological polar surface area (TPSA) is 92.9 Å². The number of aryl methyl sites for hydroxylation is 1. The van der Waals surface area contributed by atoms with Crippen LogP contribution < -0.4 is 4.90 Å². The number of esters is 1. The van der Waals surface area contributed by atoms with E-state index in [0.717, 1.165) is 62.6 Å². The Morgan fingerprint density at radius 3 is 2.66 bits per heavy atom. The van der Waals surface area contributed by atoms with Crippen LogP contribution in [0.4, 0.5) is 5.82 Å². The predicted octanol–water partition coefficient (Wildman–Crippen LogP) is 1.45. The van der Waals surface area contributed by atoms with Crippen molar-refractivity contribution in [2.75, 3.05) is 37.7 Å². The summed E-state index contributed by atoms with van der Waals surface area (Å²) in [5.41, 5.74) is 0.734. The van der Waals surface area contributed by atoms with Crippen LogP contribution in [-0.4, -0.2) is 69.4 Å². The number of hydrogen-bond acceptors (Lipinski definition) is 7. The minimum absolute atomic E-state index is 0.00701. The molecule has 2 aromatic heterocycles. The maximum Gasteiger partial charge on any atom is 0.310 e. The molecule has 0 saturated carbocycles. The van der Waals surface area contributed by atoms with Crippen LogP contribution in [0.15, 0.2) is 12.1 Å². The summed E-state index contributed by atoms with van der Waals surface area (Å²) >= 11 is 0. The lowest BCUT2D eigenvalue weighted by molar-refractivity contribution is -0.152. The van der Waals surface area contributed by atoms with Crippen molar-refractivity contribution in [3.63, 3.8) is 0 Å². The van der Waals surface area contributed by atoms with Crippen molar-refractivity contribution in [2.45, 2.75) is 39.5 Å². The molecule has 1 unspecified atom stereocenters. The Labute approximate surface area is 170 Å². The molecule has 0 N–H and O–H groups in total. The normalized spacial score (nSPS) is 20.8. The van der Waals surface area contributed by atoms with E-state index in [9.17, 15) is 9.59 Å². The molecule has 0 spiro atoms. The lowest BCUT2D eigenvalue weighted by atomic mass is 9.92. The van der Waals surface area contributed by atoms with Crippen LogP contribution in [0.2, 0.25) is 0 Å². The van der Waals surface area contributed by atoms with Crippen LogP contribution >= 0.6 is 0 Å². The van der Waals surface area contributed by atoms with E-state index < -0.39 is 0 Å². The summed E-state index contributed by atoms with van der Waals surface area (Å²) in [4.78, 5) is 29.2. The highest BCUT2D eigenvalue weighted by molar-refractivity contribution is 5.80. The summed E-state index contributed by atoms with van der Waals surface area (Å²) in [5, 5.41) is 12.8. The minimum atomic E-state index is -0.185. The number of hydrogen-bond donors (Lipinski definition) is 0. The summed E-state index contributed by atoms with van der Waals surface area (Å²) in [6.45, 7) is 6.87. The van der Waals surface area contributed by atoms with Gasteiger partial charge in [0.2, 0.25) is 5.91 Å². The number of nitrogens with zero attached hydrogens (tertiary/aromatic N) is 6. The van der Waals surface area contributed by atoms with Crippen molar-refractivity contribution in [2.24, 2.45) is 11.8 Å². The number of anilines is 1. The zero-order chi connectivity index (χ0) is 20.4. The van der Waals surface area contributed by atoms with Crippen LogP contribution in [0.1, 0.15) is 38.4 Å². The Hall–Kier alpha value is -2.71. The van der Waals surface area contributed by atoms with Crippen LogP contribution in [0.5, 0.6) is 0 Å². The van der Waals surface area contributed by atoms with E-state index in [1.165, 1.54) is 0 Å². The molecule has 4 rings (SSSR count). The fourth-order valence-electron chi connectivity index (χ4n) is 4.30. The Morgan fingerprint density at radius 1 is 1.10 bits per heavy atom. The molecule has 0 aliphatic carbocycles. The third-order valence-electron chi connectivity index (χ3n) is 5.93. The van der Waals surface area contributed by atoms with E-state index >= 15 is 0 Å². The zero-order valence-corrected chi connectivity index (χ0v) is 17.1. The summed E-state index contributed by atoms with van der Waals surface area (Å²) in [7, 11) is 0. The van der Waals surface area contributed by atoms with Gasteiger partial charge in [-0.3, -0.25) is 9.59 Å². The molecule has 0 radical (unpaired) electrons. The maximum absolute atomic E-state index is 13.0. The number of ether oxygens (including phenoxy) is 1. The number of aromatic nitrogens is 4. The number of carbonyl (C=O) groups is 2. The summed E-state index contributed by atoms with van der Waals surface area (Å²) in [5.74, 6) is 1.46. The molecule has 1 atom stereocenters. The summed E-state index contributed by atoms with van der Waals surface area (Å²) < 4.78 is 6.90. The molecule has 2 saturated heterocycles. The number of rotatable bonds is 4. The van der Waals surface area contributed by atoms with Crippen LogP contribution in [-0.2, 0) is 14.3 Å². The molecule has 0 aromatic carbocycles. The summed E-state index contributed by atoms with van der Waals surface area (Å²) in [6, 6.07) is 3.88. The first-order valence-electron chi connectivity index (χ1n) is 10.5. The maximum atomic E-state index is 13.0. The third-order valence-corrected chi connectivity index (χ3v) is 5.93. The second-order valence-corrected chi connectivity index (χ2v) is 7.85. The van der Waals surface area contributed by atoms with Gasteiger partial charge in [-0.1, -0.05) is 0 Å². The summed E-state index contributed by atoms with van der Waals surface area (Å²) in [6.07, 6.45) is 3.24. The van der Waals surface area contributed by atoms with Gasteiger partial charge in [-0.05, 0) is 51.7 Å². The van der Waals surface area contributed by atoms with Crippen molar-refractivity contribution < 1.29 is 14.3 Å². The van der Waals surface area contributed by atoms with E-state index in [1.807, 2.05) is 30.9 Å². The van der Waals surface area contributed by atoms with Gasteiger partial charge in [-0.15, -0.1) is 15.3 Å². The molecular weight excluding hydrogens is 372 g/mol. The van der Waals surface area contributed by atoms with Gasteiger partial charge in [0, 0.05) is 32.1 Å². The Kier molecular flexibility index (Phi) is 5.64. The highest BCUT2D eigenvalue weighted by Gasteiger charge is 2.34. The average Bonchev–Trinajstić information content (AvgIpc) is 3.14. The molecule has 0 bridgehead atoms. The highest BCUT2D eigenvalue weighted by atomic mass is 16.5. The largest absolute Gasteiger partial charge is 0.466 e. The van der Waals surface area contributed by atoms with Crippen molar-refractivity contribution in [1.29, 1.82) is 0 Å². The fraction of sp³-hybridized carbons (Fsp3) is 0.650. The van der Waals surface area contributed by atoms with Gasteiger partial charge in [0.05, 0.1) is 12.5 Å². The van der Waals surface area contributed by atoms with Gasteiger partial charge < -0.3 is 14.5 Å². The molecule has 9 heteroatoms.